The van der Waals surface area contributed by atoms with E-state index in [2.05, 4.69) is 5.32 Å². The van der Waals surface area contributed by atoms with E-state index in [1.165, 1.54) is 17.0 Å². The maximum atomic E-state index is 14.7. The number of nitrogens with one attached hydrogen (secondary N) is 1. The van der Waals surface area contributed by atoms with Crippen LogP contribution in [0, 0.1) is 6.92 Å². The van der Waals surface area contributed by atoms with Crippen molar-refractivity contribution >= 4 is 39.1 Å². The molecule has 1 aliphatic carbocycles. The summed E-state index contributed by atoms with van der Waals surface area (Å²) in [4.78, 5) is 30.5. The minimum Gasteiger partial charge on any atom is -0.494 e. The molecule has 1 N–H and O–H groups in total. The van der Waals surface area contributed by atoms with Gasteiger partial charge in [0, 0.05) is 24.0 Å². The maximum absolute atomic E-state index is 14.7. The van der Waals surface area contributed by atoms with Gasteiger partial charge in [0.1, 0.15) is 18.3 Å². The highest BCUT2D eigenvalue weighted by atomic mass is 35.5. The maximum Gasteiger partial charge on any atom is 0.264 e. The molecule has 4 aromatic carbocycles. The Hall–Kier alpha value is -4.34. The third-order valence-corrected chi connectivity index (χ3v) is 10.8. The van der Waals surface area contributed by atoms with E-state index in [9.17, 15) is 18.0 Å². The van der Waals surface area contributed by atoms with Crippen molar-refractivity contribution in [3.8, 4) is 5.75 Å². The molecule has 0 unspecified atom stereocenters. The summed E-state index contributed by atoms with van der Waals surface area (Å²) in [6, 6.07) is 29.0. The van der Waals surface area contributed by atoms with E-state index in [-0.39, 0.29) is 29.8 Å². The topological polar surface area (TPSA) is 96.0 Å². The van der Waals surface area contributed by atoms with Crippen molar-refractivity contribution in [1.29, 1.82) is 0 Å². The molecule has 1 atom stereocenters. The van der Waals surface area contributed by atoms with Gasteiger partial charge in [0.15, 0.2) is 0 Å². The van der Waals surface area contributed by atoms with Gasteiger partial charge in [0.2, 0.25) is 11.8 Å². The van der Waals surface area contributed by atoms with Crippen molar-refractivity contribution < 1.29 is 22.7 Å². The molecule has 2 amide bonds. The summed E-state index contributed by atoms with van der Waals surface area (Å²) in [5.41, 5.74) is 2.88. The van der Waals surface area contributed by atoms with Crippen LogP contribution in [0.5, 0.6) is 5.75 Å². The molecular formula is C39H44ClN3O5S. The Morgan fingerprint density at radius 2 is 1.55 bits per heavy atom. The first-order chi connectivity index (χ1) is 23.6. The summed E-state index contributed by atoms with van der Waals surface area (Å²) >= 11 is 6.37. The number of benzene rings is 4. The summed E-state index contributed by atoms with van der Waals surface area (Å²) in [6.45, 7) is 3.73. The first-order valence-electron chi connectivity index (χ1n) is 16.8. The Balaban J connectivity index is 1.55. The first kappa shape index (κ1) is 36.0. The Bertz CT molecular complexity index is 1790. The standard InChI is InChI=1S/C39H44ClN3O5S/c1-3-48-35-21-23-36(24-22-35)49(46,47)43(34-19-17-29(2)18-20-34)28-38(44)42(27-31-13-10-14-32(40)25-31)37(26-30-11-6-4-7-12-30)39(45)41-33-15-8-5-9-16-33/h4,6-7,10-14,17-25,33,37H,3,5,8-9,15-16,26-28H2,1-2H3,(H,41,45)/t37-/m1/s1. The van der Waals surface area contributed by atoms with Crippen molar-refractivity contribution in [3.05, 3.63) is 125 Å². The first-order valence-corrected chi connectivity index (χ1v) is 18.7. The Morgan fingerprint density at radius 1 is 0.878 bits per heavy atom. The smallest absolute Gasteiger partial charge is 0.264 e. The van der Waals surface area contributed by atoms with Gasteiger partial charge < -0.3 is 15.0 Å². The number of carbonyl (C=O) groups excluding carboxylic acids is 2. The van der Waals surface area contributed by atoms with E-state index < -0.39 is 28.5 Å². The highest BCUT2D eigenvalue weighted by Gasteiger charge is 2.35. The monoisotopic (exact) mass is 701 g/mol. The summed E-state index contributed by atoms with van der Waals surface area (Å²) in [6.07, 6.45) is 5.22. The Labute approximate surface area is 295 Å². The van der Waals surface area contributed by atoms with Crippen LogP contribution in [0.15, 0.2) is 108 Å². The third-order valence-electron chi connectivity index (χ3n) is 8.79. The molecule has 0 aromatic heterocycles. The van der Waals surface area contributed by atoms with Crippen LogP contribution in [-0.4, -0.2) is 50.4 Å². The van der Waals surface area contributed by atoms with Crippen LogP contribution in [0.25, 0.3) is 0 Å². The molecule has 10 heteroatoms. The molecule has 0 radical (unpaired) electrons. The molecule has 258 valence electrons. The lowest BCUT2D eigenvalue weighted by Gasteiger charge is -2.35. The number of hydrogen-bond donors (Lipinski definition) is 1. The summed E-state index contributed by atoms with van der Waals surface area (Å²) in [7, 11) is -4.23. The SMILES string of the molecule is CCOc1ccc(S(=O)(=O)N(CC(=O)N(Cc2cccc(Cl)c2)[C@H](Cc2ccccc2)C(=O)NC2CCCCC2)c2ccc(C)cc2)cc1. The second-order valence-corrected chi connectivity index (χ2v) is 14.8. The number of anilines is 1. The minimum absolute atomic E-state index is 0.0154. The van der Waals surface area contributed by atoms with Crippen LogP contribution in [-0.2, 0) is 32.6 Å². The average molecular weight is 702 g/mol. The van der Waals surface area contributed by atoms with E-state index in [1.807, 2.05) is 50.2 Å². The lowest BCUT2D eigenvalue weighted by molar-refractivity contribution is -0.140. The van der Waals surface area contributed by atoms with Crippen molar-refractivity contribution in [2.24, 2.45) is 0 Å². The number of amides is 2. The second-order valence-electron chi connectivity index (χ2n) is 12.5. The van der Waals surface area contributed by atoms with Gasteiger partial charge in [0.25, 0.3) is 10.0 Å². The van der Waals surface area contributed by atoms with Gasteiger partial charge in [-0.15, -0.1) is 0 Å². The zero-order valence-corrected chi connectivity index (χ0v) is 29.6. The predicted molar refractivity (Wildman–Crippen MR) is 194 cm³/mol. The van der Waals surface area contributed by atoms with Crippen molar-refractivity contribution in [2.75, 3.05) is 17.5 Å². The number of sulfonamides is 1. The van der Waals surface area contributed by atoms with E-state index in [0.717, 1.165) is 53.1 Å². The third kappa shape index (κ3) is 9.64. The lowest BCUT2D eigenvalue weighted by atomic mass is 9.94. The molecule has 0 saturated heterocycles. The highest BCUT2D eigenvalue weighted by Crippen LogP contribution is 2.27. The van der Waals surface area contributed by atoms with E-state index in [4.69, 9.17) is 16.3 Å². The molecule has 0 spiro atoms. The fraction of sp³-hybridized carbons (Fsp3) is 0.333. The molecule has 49 heavy (non-hydrogen) atoms. The minimum atomic E-state index is -4.23. The zero-order valence-electron chi connectivity index (χ0n) is 28.1. The van der Waals surface area contributed by atoms with Crippen molar-refractivity contribution in [3.63, 3.8) is 0 Å². The van der Waals surface area contributed by atoms with Gasteiger partial charge in [-0.25, -0.2) is 8.42 Å². The van der Waals surface area contributed by atoms with Crippen LogP contribution in [0.2, 0.25) is 5.02 Å². The van der Waals surface area contributed by atoms with Gasteiger partial charge in [0.05, 0.1) is 17.2 Å². The number of nitrogens with zero attached hydrogens (tertiary/aromatic N) is 2. The Morgan fingerprint density at radius 3 is 2.20 bits per heavy atom. The summed E-state index contributed by atoms with van der Waals surface area (Å²) in [5.74, 6) is -0.239. The zero-order chi connectivity index (χ0) is 34.8. The van der Waals surface area contributed by atoms with E-state index >= 15 is 0 Å². The number of carbonyl (C=O) groups is 2. The number of hydrogen-bond acceptors (Lipinski definition) is 5. The van der Waals surface area contributed by atoms with Crippen LogP contribution in [0.1, 0.15) is 55.7 Å². The lowest BCUT2D eigenvalue weighted by Crippen LogP contribution is -2.55. The molecule has 0 heterocycles. The van der Waals surface area contributed by atoms with Crippen LogP contribution in [0.3, 0.4) is 0 Å². The molecule has 4 aromatic rings. The van der Waals surface area contributed by atoms with Crippen LogP contribution < -0.4 is 14.4 Å². The van der Waals surface area contributed by atoms with Gasteiger partial charge in [-0.1, -0.05) is 91.0 Å². The Kier molecular flexibility index (Phi) is 12.4. The van der Waals surface area contributed by atoms with E-state index in [0.29, 0.717) is 23.1 Å². The van der Waals surface area contributed by atoms with Gasteiger partial charge in [-0.05, 0) is 86.3 Å². The number of ether oxygens (including phenoxy) is 1. The number of rotatable bonds is 14. The second kappa shape index (κ2) is 16.9. The molecule has 1 aliphatic rings. The number of aryl methyl sites for hydroxylation is 1. The normalized spacial score (nSPS) is 14.1. The molecular weight excluding hydrogens is 658 g/mol. The number of halogens is 1. The van der Waals surface area contributed by atoms with Crippen LogP contribution in [0.4, 0.5) is 5.69 Å². The molecule has 5 rings (SSSR count). The quantitative estimate of drug-likeness (QED) is 0.149. The van der Waals surface area contributed by atoms with E-state index in [1.54, 1.807) is 54.6 Å². The highest BCUT2D eigenvalue weighted by molar-refractivity contribution is 7.92. The fourth-order valence-electron chi connectivity index (χ4n) is 6.17. The van der Waals surface area contributed by atoms with Gasteiger partial charge >= 0.3 is 0 Å². The molecule has 0 aliphatic heterocycles. The molecule has 0 bridgehead atoms. The molecule has 1 saturated carbocycles. The fourth-order valence-corrected chi connectivity index (χ4v) is 7.80. The van der Waals surface area contributed by atoms with Crippen molar-refractivity contribution in [2.45, 2.75) is 75.9 Å². The predicted octanol–water partition coefficient (Wildman–Crippen LogP) is 7.33. The molecule has 8 nitrogen and oxygen atoms in total. The van der Waals surface area contributed by atoms with Gasteiger partial charge in [-0.3, -0.25) is 13.9 Å². The average Bonchev–Trinajstić information content (AvgIpc) is 3.10. The summed E-state index contributed by atoms with van der Waals surface area (Å²) in [5, 5.41) is 3.73. The molecule has 1 fully saturated rings. The van der Waals surface area contributed by atoms with Crippen molar-refractivity contribution in [1.82, 2.24) is 10.2 Å². The summed E-state index contributed by atoms with van der Waals surface area (Å²) < 4.78 is 35.3. The largest absolute Gasteiger partial charge is 0.494 e. The van der Waals surface area contributed by atoms with Gasteiger partial charge in [-0.2, -0.15) is 0 Å². The van der Waals surface area contributed by atoms with Crippen LogP contribution >= 0.6 is 11.6 Å².